The highest BCUT2D eigenvalue weighted by molar-refractivity contribution is 6.76. The molecule has 2 nitrogen and oxygen atoms in total. The number of hydrogen-bond donors (Lipinski definition) is 0. The van der Waals surface area contributed by atoms with Gasteiger partial charge >= 0.3 is 0 Å². The van der Waals surface area contributed by atoms with E-state index in [1.54, 1.807) is 0 Å². The predicted octanol–water partition coefficient (Wildman–Crippen LogP) is 5.46. The van der Waals surface area contributed by atoms with Crippen LogP contribution in [0, 0.1) is 0 Å². The summed E-state index contributed by atoms with van der Waals surface area (Å²) in [5, 5.41) is 0. The second kappa shape index (κ2) is 13.1. The van der Waals surface area contributed by atoms with Crippen molar-refractivity contribution in [3.8, 4) is 0 Å². The summed E-state index contributed by atoms with van der Waals surface area (Å²) in [6.45, 7) is 11.6. The first-order chi connectivity index (χ1) is 9.06. The van der Waals surface area contributed by atoms with Gasteiger partial charge in [-0.25, -0.2) is 0 Å². The number of hydrogen-bond acceptors (Lipinski definition) is 2. The fourth-order valence-electron chi connectivity index (χ4n) is 1.89. The fraction of sp³-hybridized carbons (Fsp3) is 1.00. The number of rotatable bonds is 14. The molecule has 0 bridgehead atoms. The molecule has 19 heavy (non-hydrogen) atoms. The van der Waals surface area contributed by atoms with Gasteiger partial charge in [-0.15, -0.1) is 0 Å². The van der Waals surface area contributed by atoms with Crippen LogP contribution in [0.4, 0.5) is 0 Å². The second-order valence-corrected chi connectivity index (χ2v) is 12.3. The molecule has 0 fully saturated rings. The summed E-state index contributed by atoms with van der Waals surface area (Å²) in [5.74, 6) is 0. The molecule has 0 radical (unpaired) electrons. The molecular weight excluding hydrogens is 252 g/mol. The number of unbranched alkanes of at least 4 members (excludes halogenated alkanes) is 7. The average molecular weight is 289 g/mol. The Kier molecular flexibility index (Phi) is 13.2. The predicted molar refractivity (Wildman–Crippen MR) is 87.5 cm³/mol. The fourth-order valence-corrected chi connectivity index (χ4v) is 2.65. The van der Waals surface area contributed by atoms with Crippen molar-refractivity contribution in [3.05, 3.63) is 0 Å². The minimum atomic E-state index is -0.938. The molecule has 0 aromatic heterocycles. The summed E-state index contributed by atoms with van der Waals surface area (Å²) in [6, 6.07) is 1.23. The van der Waals surface area contributed by atoms with Crippen molar-refractivity contribution in [3.63, 3.8) is 0 Å². The first-order valence-corrected chi connectivity index (χ1v) is 11.9. The van der Waals surface area contributed by atoms with Gasteiger partial charge in [0.15, 0.2) is 0 Å². The molecule has 0 aliphatic rings. The highest BCUT2D eigenvalue weighted by Gasteiger charge is 2.11. The van der Waals surface area contributed by atoms with E-state index in [2.05, 4.69) is 26.6 Å². The zero-order valence-corrected chi connectivity index (χ0v) is 14.8. The lowest BCUT2D eigenvalue weighted by Crippen LogP contribution is -2.22. The van der Waals surface area contributed by atoms with Crippen molar-refractivity contribution in [2.24, 2.45) is 0 Å². The molecule has 0 unspecified atom stereocenters. The molecule has 0 saturated carbocycles. The molecule has 0 aromatic rings. The summed E-state index contributed by atoms with van der Waals surface area (Å²) >= 11 is 0. The maximum absolute atomic E-state index is 5.49. The van der Waals surface area contributed by atoms with Gasteiger partial charge in [0.1, 0.15) is 6.79 Å². The van der Waals surface area contributed by atoms with E-state index in [-0.39, 0.29) is 0 Å². The zero-order chi connectivity index (χ0) is 14.4. The Morgan fingerprint density at radius 1 is 0.684 bits per heavy atom. The van der Waals surface area contributed by atoms with Gasteiger partial charge < -0.3 is 9.47 Å². The van der Waals surface area contributed by atoms with Crippen molar-refractivity contribution in [1.29, 1.82) is 0 Å². The van der Waals surface area contributed by atoms with Gasteiger partial charge in [0.25, 0.3) is 0 Å². The largest absolute Gasteiger partial charge is 0.356 e. The van der Waals surface area contributed by atoms with Gasteiger partial charge in [-0.2, -0.15) is 0 Å². The van der Waals surface area contributed by atoms with Crippen LogP contribution in [-0.4, -0.2) is 28.1 Å². The van der Waals surface area contributed by atoms with Crippen LogP contribution in [-0.2, 0) is 9.47 Å². The van der Waals surface area contributed by atoms with E-state index in [0.717, 1.165) is 13.2 Å². The van der Waals surface area contributed by atoms with E-state index >= 15 is 0 Å². The zero-order valence-electron chi connectivity index (χ0n) is 13.8. The molecule has 116 valence electrons. The van der Waals surface area contributed by atoms with Crippen LogP contribution >= 0.6 is 0 Å². The van der Waals surface area contributed by atoms with E-state index in [0.29, 0.717) is 6.79 Å². The first-order valence-electron chi connectivity index (χ1n) is 8.22. The minimum Gasteiger partial charge on any atom is -0.356 e. The first kappa shape index (κ1) is 19.1. The molecule has 0 N–H and O–H groups in total. The van der Waals surface area contributed by atoms with Crippen LogP contribution in [0.15, 0.2) is 0 Å². The molecule has 0 saturated heterocycles. The molecule has 0 rings (SSSR count). The van der Waals surface area contributed by atoms with Gasteiger partial charge in [-0.1, -0.05) is 71.5 Å². The summed E-state index contributed by atoms with van der Waals surface area (Å²) in [5.41, 5.74) is 0. The molecule has 0 heterocycles. The summed E-state index contributed by atoms with van der Waals surface area (Å²) in [7, 11) is -0.938. The lowest BCUT2D eigenvalue weighted by Gasteiger charge is -2.15. The Bertz CT molecular complexity index is 178. The highest BCUT2D eigenvalue weighted by atomic mass is 28.3. The Balaban J connectivity index is 2.99. The van der Waals surface area contributed by atoms with Crippen molar-refractivity contribution >= 4 is 8.07 Å². The molecule has 0 aliphatic heterocycles. The minimum absolute atomic E-state index is 0.487. The van der Waals surface area contributed by atoms with E-state index in [1.165, 1.54) is 57.4 Å². The van der Waals surface area contributed by atoms with Gasteiger partial charge in [-0.3, -0.25) is 0 Å². The van der Waals surface area contributed by atoms with Crippen LogP contribution in [0.25, 0.3) is 0 Å². The maximum Gasteiger partial charge on any atom is 0.146 e. The normalized spacial score (nSPS) is 12.0. The Hall–Kier alpha value is 0.137. The lowest BCUT2D eigenvalue weighted by atomic mass is 10.1. The third-order valence-electron chi connectivity index (χ3n) is 3.31. The standard InChI is InChI=1S/C16H36O2Si/c1-5-6-7-8-9-10-11-12-13-17-16-18-14-15-19(2,3)4/h5-16H2,1-4H3. The molecule has 0 aromatic carbocycles. The Morgan fingerprint density at radius 3 is 1.79 bits per heavy atom. The maximum atomic E-state index is 5.49. The average Bonchev–Trinajstić information content (AvgIpc) is 2.34. The van der Waals surface area contributed by atoms with E-state index < -0.39 is 8.07 Å². The van der Waals surface area contributed by atoms with Gasteiger partial charge in [0.05, 0.1) is 0 Å². The van der Waals surface area contributed by atoms with Gasteiger partial charge in [0.2, 0.25) is 0 Å². The summed E-state index contributed by atoms with van der Waals surface area (Å²) in [4.78, 5) is 0. The topological polar surface area (TPSA) is 18.5 Å². The van der Waals surface area contributed by atoms with Crippen molar-refractivity contribution in [1.82, 2.24) is 0 Å². The van der Waals surface area contributed by atoms with E-state index in [1.807, 2.05) is 0 Å². The van der Waals surface area contributed by atoms with Crippen LogP contribution in [0.1, 0.15) is 58.3 Å². The second-order valence-electron chi connectivity index (χ2n) is 6.72. The SMILES string of the molecule is CCCCCCCCCCOCOCC[Si](C)(C)C. The molecule has 0 amide bonds. The van der Waals surface area contributed by atoms with E-state index in [4.69, 9.17) is 9.47 Å². The van der Waals surface area contributed by atoms with Crippen molar-refractivity contribution in [2.45, 2.75) is 84.0 Å². The third-order valence-corrected chi connectivity index (χ3v) is 5.01. The third kappa shape index (κ3) is 18.1. The molecule has 3 heteroatoms. The summed E-state index contributed by atoms with van der Waals surface area (Å²) in [6.07, 6.45) is 10.8. The quantitative estimate of drug-likeness (QED) is 0.240. The monoisotopic (exact) mass is 288 g/mol. The van der Waals surface area contributed by atoms with Gasteiger partial charge in [-0.05, 0) is 12.5 Å². The smallest absolute Gasteiger partial charge is 0.146 e. The Labute approximate surface area is 122 Å². The highest BCUT2D eigenvalue weighted by Crippen LogP contribution is 2.09. The van der Waals surface area contributed by atoms with Gasteiger partial charge in [0, 0.05) is 21.3 Å². The van der Waals surface area contributed by atoms with Crippen molar-refractivity contribution < 1.29 is 9.47 Å². The molecule has 0 atom stereocenters. The molecule has 0 aliphatic carbocycles. The van der Waals surface area contributed by atoms with E-state index in [9.17, 15) is 0 Å². The number of ether oxygens (including phenoxy) is 2. The molecular formula is C16H36O2Si. The van der Waals surface area contributed by atoms with Crippen LogP contribution < -0.4 is 0 Å². The van der Waals surface area contributed by atoms with Crippen molar-refractivity contribution in [2.75, 3.05) is 20.0 Å². The van der Waals surface area contributed by atoms with Crippen LogP contribution in [0.5, 0.6) is 0 Å². The Morgan fingerprint density at radius 2 is 1.21 bits per heavy atom. The van der Waals surface area contributed by atoms with Crippen LogP contribution in [0.3, 0.4) is 0 Å². The lowest BCUT2D eigenvalue weighted by molar-refractivity contribution is -0.0504. The van der Waals surface area contributed by atoms with Crippen LogP contribution in [0.2, 0.25) is 25.7 Å². The molecule has 0 spiro atoms. The summed E-state index contributed by atoms with van der Waals surface area (Å²) < 4.78 is 11.0.